The van der Waals surface area contributed by atoms with E-state index in [1.54, 1.807) is 10.6 Å². The number of hydrogen-bond donors (Lipinski definition) is 2. The highest BCUT2D eigenvalue weighted by atomic mass is 19.1. The van der Waals surface area contributed by atoms with Crippen molar-refractivity contribution in [3.63, 3.8) is 0 Å². The molecule has 6 nitrogen and oxygen atoms in total. The molecular weight excluding hydrogens is 335 g/mol. The molecule has 0 aliphatic carbocycles. The van der Waals surface area contributed by atoms with Gasteiger partial charge in [0, 0.05) is 37.6 Å². The number of benzene rings is 1. The van der Waals surface area contributed by atoms with Crippen LogP contribution in [0.25, 0.3) is 10.9 Å². The van der Waals surface area contributed by atoms with Gasteiger partial charge in [-0.2, -0.15) is 0 Å². The molecule has 1 fully saturated rings. The van der Waals surface area contributed by atoms with E-state index in [1.807, 2.05) is 14.0 Å². The highest BCUT2D eigenvalue weighted by Crippen LogP contribution is 2.25. The third-order valence-corrected chi connectivity index (χ3v) is 5.25. The molecule has 1 atom stereocenters. The lowest BCUT2D eigenvalue weighted by atomic mass is 9.97. The fourth-order valence-corrected chi connectivity index (χ4v) is 3.83. The number of carbonyl (C=O) groups excluding carboxylic acids is 2. The molecule has 140 valence electrons. The summed E-state index contributed by atoms with van der Waals surface area (Å²) in [7, 11) is 1.81. The Balaban J connectivity index is 1.64. The van der Waals surface area contributed by atoms with Gasteiger partial charge in [-0.25, -0.2) is 4.39 Å². The molecule has 1 aromatic heterocycles. The van der Waals surface area contributed by atoms with Crippen LogP contribution in [0.5, 0.6) is 0 Å². The van der Waals surface area contributed by atoms with Crippen LogP contribution in [0.1, 0.15) is 28.9 Å². The number of nitrogens with one attached hydrogen (secondary N) is 1. The number of halogens is 1. The van der Waals surface area contributed by atoms with Gasteiger partial charge < -0.3 is 20.5 Å². The molecule has 2 heterocycles. The fourth-order valence-electron chi connectivity index (χ4n) is 3.83. The van der Waals surface area contributed by atoms with E-state index in [2.05, 4.69) is 10.2 Å². The summed E-state index contributed by atoms with van der Waals surface area (Å²) in [5, 5.41) is 3.68. The number of hydrogen-bond acceptors (Lipinski definition) is 3. The first kappa shape index (κ1) is 18.4. The summed E-state index contributed by atoms with van der Waals surface area (Å²) in [6.45, 7) is 4.55. The van der Waals surface area contributed by atoms with Crippen molar-refractivity contribution in [3.05, 3.63) is 35.3 Å². The van der Waals surface area contributed by atoms with Gasteiger partial charge >= 0.3 is 0 Å². The highest BCUT2D eigenvalue weighted by Gasteiger charge is 2.24. The van der Waals surface area contributed by atoms with Crippen LogP contribution in [-0.4, -0.2) is 47.5 Å². The summed E-state index contributed by atoms with van der Waals surface area (Å²) in [4.78, 5) is 26.1. The van der Waals surface area contributed by atoms with E-state index < -0.39 is 0 Å². The Bertz CT molecular complexity index is 846. The van der Waals surface area contributed by atoms with Gasteiger partial charge in [-0.05, 0) is 50.1 Å². The van der Waals surface area contributed by atoms with Crippen LogP contribution in [0, 0.1) is 18.7 Å². The predicted octanol–water partition coefficient (Wildman–Crippen LogP) is 1.55. The number of fused-ring (bicyclic) bond motifs is 1. The van der Waals surface area contributed by atoms with Crippen LogP contribution in [-0.2, 0) is 11.8 Å². The summed E-state index contributed by atoms with van der Waals surface area (Å²) < 4.78 is 15.3. The van der Waals surface area contributed by atoms with E-state index in [0.29, 0.717) is 25.3 Å². The van der Waals surface area contributed by atoms with Crippen LogP contribution >= 0.6 is 0 Å². The molecule has 0 spiro atoms. The Morgan fingerprint density at radius 1 is 1.38 bits per heavy atom. The molecule has 0 radical (unpaired) electrons. The number of piperidine rings is 1. The second kappa shape index (κ2) is 7.45. The summed E-state index contributed by atoms with van der Waals surface area (Å²) in [5.41, 5.74) is 7.54. The van der Waals surface area contributed by atoms with Crippen molar-refractivity contribution < 1.29 is 14.0 Å². The number of amides is 2. The first-order valence-corrected chi connectivity index (χ1v) is 8.93. The van der Waals surface area contributed by atoms with Crippen LogP contribution in [0.2, 0.25) is 0 Å². The minimum absolute atomic E-state index is 0.102. The number of primary amides is 1. The Labute approximate surface area is 152 Å². The van der Waals surface area contributed by atoms with Gasteiger partial charge in [-0.15, -0.1) is 0 Å². The first-order chi connectivity index (χ1) is 12.4. The van der Waals surface area contributed by atoms with E-state index in [1.165, 1.54) is 12.1 Å². The van der Waals surface area contributed by atoms with Crippen molar-refractivity contribution >= 4 is 22.7 Å². The van der Waals surface area contributed by atoms with Crippen LogP contribution in [0.4, 0.5) is 4.39 Å². The zero-order valence-corrected chi connectivity index (χ0v) is 15.2. The molecule has 2 aromatic rings. The van der Waals surface area contributed by atoms with Gasteiger partial charge in [0.15, 0.2) is 0 Å². The maximum Gasteiger partial charge on any atom is 0.268 e. The molecule has 3 rings (SSSR count). The van der Waals surface area contributed by atoms with Crippen molar-refractivity contribution in [1.29, 1.82) is 0 Å². The molecule has 1 aromatic carbocycles. The average Bonchev–Trinajstić information content (AvgIpc) is 2.85. The number of aromatic nitrogens is 1. The molecule has 7 heteroatoms. The van der Waals surface area contributed by atoms with E-state index in [0.717, 1.165) is 35.9 Å². The van der Waals surface area contributed by atoms with E-state index in [4.69, 9.17) is 5.73 Å². The molecule has 1 aliphatic rings. The molecule has 0 unspecified atom stereocenters. The Morgan fingerprint density at radius 3 is 2.88 bits per heavy atom. The minimum Gasteiger partial charge on any atom is -0.369 e. The van der Waals surface area contributed by atoms with E-state index in [-0.39, 0.29) is 23.5 Å². The van der Waals surface area contributed by atoms with Gasteiger partial charge in [0.25, 0.3) is 5.91 Å². The summed E-state index contributed by atoms with van der Waals surface area (Å²) in [5.74, 6) is -0.843. The smallest absolute Gasteiger partial charge is 0.268 e. The number of aryl methyl sites for hydroxylation is 2. The molecule has 1 saturated heterocycles. The third kappa shape index (κ3) is 3.58. The fraction of sp³-hybridized carbons (Fsp3) is 0.474. The summed E-state index contributed by atoms with van der Waals surface area (Å²) in [6, 6.07) is 4.54. The quantitative estimate of drug-likeness (QED) is 0.849. The van der Waals surface area contributed by atoms with Crippen LogP contribution in [0.15, 0.2) is 18.2 Å². The number of rotatable bonds is 5. The maximum atomic E-state index is 13.5. The Kier molecular flexibility index (Phi) is 5.27. The lowest BCUT2D eigenvalue weighted by Gasteiger charge is -2.31. The highest BCUT2D eigenvalue weighted by molar-refractivity contribution is 6.01. The zero-order valence-electron chi connectivity index (χ0n) is 15.2. The van der Waals surface area contributed by atoms with Gasteiger partial charge in [-0.1, -0.05) is 0 Å². The van der Waals surface area contributed by atoms with Crippen molar-refractivity contribution in [2.45, 2.75) is 19.8 Å². The molecule has 3 N–H and O–H groups in total. The maximum absolute atomic E-state index is 13.5. The average molecular weight is 360 g/mol. The van der Waals surface area contributed by atoms with E-state index in [9.17, 15) is 14.0 Å². The molecule has 2 amide bonds. The lowest BCUT2D eigenvalue weighted by molar-refractivity contribution is -0.123. The van der Waals surface area contributed by atoms with Gasteiger partial charge in [0.1, 0.15) is 11.5 Å². The van der Waals surface area contributed by atoms with Gasteiger partial charge in [-0.3, -0.25) is 9.59 Å². The van der Waals surface area contributed by atoms with E-state index >= 15 is 0 Å². The van der Waals surface area contributed by atoms with Crippen molar-refractivity contribution in [2.75, 3.05) is 26.2 Å². The van der Waals surface area contributed by atoms with Gasteiger partial charge in [0.2, 0.25) is 5.91 Å². The molecule has 0 saturated carbocycles. The first-order valence-electron chi connectivity index (χ1n) is 8.93. The molecule has 1 aliphatic heterocycles. The Morgan fingerprint density at radius 2 is 2.15 bits per heavy atom. The molecule has 0 bridgehead atoms. The summed E-state index contributed by atoms with van der Waals surface area (Å²) >= 11 is 0. The normalized spacial score (nSPS) is 18.2. The topological polar surface area (TPSA) is 80.4 Å². The molecular formula is C19H25FN4O2. The third-order valence-electron chi connectivity index (χ3n) is 5.25. The SMILES string of the molecule is Cc1c(C(=O)NCCN2CCC[C@@H](C(N)=O)C2)n(C)c2ccc(F)cc12. The lowest BCUT2D eigenvalue weighted by Crippen LogP contribution is -2.44. The number of carbonyl (C=O) groups is 2. The van der Waals surface area contributed by atoms with Crippen molar-refractivity contribution in [2.24, 2.45) is 18.7 Å². The standard InChI is InChI=1S/C19H25FN4O2/c1-12-15-10-14(20)5-6-16(15)23(2)17(12)19(26)22-7-9-24-8-3-4-13(11-24)18(21)25/h5-6,10,13H,3-4,7-9,11H2,1-2H3,(H2,21,25)(H,22,26)/t13-/m1/s1. The number of nitrogens with zero attached hydrogens (tertiary/aromatic N) is 2. The number of likely N-dealkylation sites (tertiary alicyclic amines) is 1. The van der Waals surface area contributed by atoms with Crippen molar-refractivity contribution in [1.82, 2.24) is 14.8 Å². The van der Waals surface area contributed by atoms with Crippen molar-refractivity contribution in [3.8, 4) is 0 Å². The number of nitrogens with two attached hydrogens (primary N) is 1. The monoisotopic (exact) mass is 360 g/mol. The second-order valence-corrected chi connectivity index (χ2v) is 6.99. The van der Waals surface area contributed by atoms with Crippen LogP contribution in [0.3, 0.4) is 0 Å². The van der Waals surface area contributed by atoms with Gasteiger partial charge in [0.05, 0.1) is 5.92 Å². The minimum atomic E-state index is -0.313. The molecule has 26 heavy (non-hydrogen) atoms. The van der Waals surface area contributed by atoms with Crippen LogP contribution < -0.4 is 11.1 Å². The largest absolute Gasteiger partial charge is 0.369 e. The Hall–Kier alpha value is -2.41. The summed E-state index contributed by atoms with van der Waals surface area (Å²) in [6.07, 6.45) is 1.78. The zero-order chi connectivity index (χ0) is 18.8. The second-order valence-electron chi connectivity index (χ2n) is 6.99. The predicted molar refractivity (Wildman–Crippen MR) is 98.3 cm³/mol.